The largest absolute Gasteiger partial charge is 0.345 e. The SMILES string of the molecule is Fc1ccc([Si](Cn2ccnc2BC(=Cc2ccccc2)c2ccccc2)(c2ccccc2)c2ccccc2)cc1. The summed E-state index contributed by atoms with van der Waals surface area (Å²) in [7, 11) is -1.97. The van der Waals surface area contributed by atoms with Crippen LogP contribution in [0.4, 0.5) is 4.39 Å². The number of hydrogen-bond donors (Lipinski definition) is 0. The number of halogens is 1. The van der Waals surface area contributed by atoms with Crippen LogP contribution in [0.2, 0.25) is 0 Å². The van der Waals surface area contributed by atoms with E-state index < -0.39 is 8.07 Å². The van der Waals surface area contributed by atoms with Gasteiger partial charge in [0.05, 0.1) is 5.72 Å². The Morgan fingerprint density at radius 3 is 1.76 bits per heavy atom. The highest BCUT2D eigenvalue weighted by Crippen LogP contribution is 2.18. The van der Waals surface area contributed by atoms with E-state index in [1.54, 1.807) is 12.1 Å². The van der Waals surface area contributed by atoms with Crippen molar-refractivity contribution in [2.24, 2.45) is 0 Å². The second-order valence-corrected chi connectivity index (χ2v) is 14.1. The Kier molecular flexibility index (Phi) is 7.88. The summed E-state index contributed by atoms with van der Waals surface area (Å²) in [6.07, 6.45) is 7.00. The second-order valence-electron chi connectivity index (χ2n) is 10.2. The Bertz CT molecular complexity index is 1680. The van der Waals surface area contributed by atoms with Gasteiger partial charge in [0.25, 0.3) is 0 Å². The first kappa shape index (κ1) is 26.5. The predicted molar refractivity (Wildman–Crippen MR) is 174 cm³/mol. The molecule has 0 radical (unpaired) electrons. The van der Waals surface area contributed by atoms with E-state index in [9.17, 15) is 4.39 Å². The summed E-state index contributed by atoms with van der Waals surface area (Å²) in [6, 6.07) is 49.5. The van der Waals surface area contributed by atoms with Gasteiger partial charge in [-0.1, -0.05) is 145 Å². The molecule has 0 aliphatic carbocycles. The summed E-state index contributed by atoms with van der Waals surface area (Å²) >= 11 is 0. The van der Waals surface area contributed by atoms with Crippen LogP contribution in [0.15, 0.2) is 158 Å². The summed E-state index contributed by atoms with van der Waals surface area (Å²) in [4.78, 5) is 4.89. The Balaban J connectivity index is 1.48. The van der Waals surface area contributed by atoms with Crippen molar-refractivity contribution in [1.29, 1.82) is 0 Å². The molecule has 198 valence electrons. The predicted octanol–water partition coefficient (Wildman–Crippen LogP) is 4.99. The zero-order valence-electron chi connectivity index (χ0n) is 22.8. The molecule has 41 heavy (non-hydrogen) atoms. The van der Waals surface area contributed by atoms with E-state index in [-0.39, 0.29) is 5.82 Å². The van der Waals surface area contributed by atoms with Crippen LogP contribution in [0.3, 0.4) is 0 Å². The number of imidazole rings is 1. The van der Waals surface area contributed by atoms with Crippen LogP contribution in [0.1, 0.15) is 11.1 Å². The van der Waals surface area contributed by atoms with Gasteiger partial charge >= 0.3 is 0 Å². The topological polar surface area (TPSA) is 17.8 Å². The first-order valence-electron chi connectivity index (χ1n) is 13.9. The quantitative estimate of drug-likeness (QED) is 0.141. The first-order chi connectivity index (χ1) is 20.2. The van der Waals surface area contributed by atoms with Crippen molar-refractivity contribution < 1.29 is 4.39 Å². The van der Waals surface area contributed by atoms with Gasteiger partial charge in [-0.25, -0.2) is 4.39 Å². The third-order valence-electron chi connectivity index (χ3n) is 7.71. The molecule has 5 aromatic carbocycles. The van der Waals surface area contributed by atoms with Crippen LogP contribution in [0, 0.1) is 5.82 Å². The van der Waals surface area contributed by atoms with Crippen molar-refractivity contribution in [1.82, 2.24) is 9.55 Å². The monoisotopic (exact) mass is 548 g/mol. The minimum Gasteiger partial charge on any atom is -0.345 e. The van der Waals surface area contributed by atoms with Gasteiger partial charge in [0.15, 0.2) is 8.07 Å². The maximum absolute atomic E-state index is 14.2. The molecule has 0 fully saturated rings. The molecule has 0 aliphatic heterocycles. The molecule has 0 atom stereocenters. The molecular formula is C36H30BFN2Si. The molecule has 0 N–H and O–H groups in total. The lowest BCUT2D eigenvalue weighted by Gasteiger charge is -2.34. The minimum absolute atomic E-state index is 0.223. The molecule has 6 rings (SSSR count). The lowest BCUT2D eigenvalue weighted by Crippen LogP contribution is -2.70. The minimum atomic E-state index is -2.65. The molecule has 1 heterocycles. The molecule has 0 saturated heterocycles. The molecule has 0 bridgehead atoms. The van der Waals surface area contributed by atoms with Crippen molar-refractivity contribution in [3.8, 4) is 0 Å². The van der Waals surface area contributed by atoms with Crippen LogP contribution < -0.4 is 21.3 Å². The maximum atomic E-state index is 14.2. The van der Waals surface area contributed by atoms with E-state index in [1.807, 2.05) is 30.5 Å². The Labute approximate surface area is 242 Å². The summed E-state index contributed by atoms with van der Waals surface area (Å²) in [6.45, 7) is 0. The summed E-state index contributed by atoms with van der Waals surface area (Å²) < 4.78 is 16.5. The van der Waals surface area contributed by atoms with Crippen LogP contribution in [-0.4, -0.2) is 24.9 Å². The molecule has 2 nitrogen and oxygen atoms in total. The smallest absolute Gasteiger partial charge is 0.239 e. The number of hydrogen-bond acceptors (Lipinski definition) is 1. The average molecular weight is 549 g/mol. The van der Waals surface area contributed by atoms with Gasteiger partial charge in [0.1, 0.15) is 5.82 Å². The van der Waals surface area contributed by atoms with E-state index in [2.05, 4.69) is 126 Å². The van der Waals surface area contributed by atoms with Crippen molar-refractivity contribution >= 4 is 48.2 Å². The number of nitrogens with zero attached hydrogens (tertiary/aromatic N) is 2. The molecule has 6 aromatic rings. The van der Waals surface area contributed by atoms with E-state index in [0.717, 1.165) is 17.5 Å². The molecule has 0 amide bonds. The summed E-state index contributed by atoms with van der Waals surface area (Å²) in [5.74, 6) is -0.223. The van der Waals surface area contributed by atoms with Gasteiger partial charge in [-0.3, -0.25) is 4.98 Å². The fourth-order valence-corrected chi connectivity index (χ4v) is 10.3. The second kappa shape index (κ2) is 12.2. The van der Waals surface area contributed by atoms with Crippen LogP contribution in [-0.2, 0) is 6.17 Å². The third-order valence-corrected chi connectivity index (χ3v) is 12.5. The van der Waals surface area contributed by atoms with Crippen molar-refractivity contribution in [2.45, 2.75) is 6.17 Å². The molecule has 0 aliphatic rings. The normalized spacial score (nSPS) is 11.8. The van der Waals surface area contributed by atoms with Gasteiger partial charge < -0.3 is 4.57 Å². The number of benzene rings is 5. The molecule has 5 heteroatoms. The highest BCUT2D eigenvalue weighted by molar-refractivity contribution is 7.10. The molecule has 1 aromatic heterocycles. The zero-order valence-corrected chi connectivity index (χ0v) is 23.8. The highest BCUT2D eigenvalue weighted by Gasteiger charge is 2.40. The Morgan fingerprint density at radius 1 is 0.659 bits per heavy atom. The molecule has 0 unspecified atom stereocenters. The van der Waals surface area contributed by atoms with Gasteiger partial charge in [0.2, 0.25) is 7.28 Å². The summed E-state index contributed by atoms with van der Waals surface area (Å²) in [5, 5.41) is 3.72. The van der Waals surface area contributed by atoms with Gasteiger partial charge in [-0.2, -0.15) is 0 Å². The van der Waals surface area contributed by atoms with Gasteiger partial charge in [-0.05, 0) is 38.8 Å². The summed E-state index contributed by atoms with van der Waals surface area (Å²) in [5.41, 5.74) is 4.55. The van der Waals surface area contributed by atoms with Crippen molar-refractivity contribution in [2.75, 3.05) is 0 Å². The standard InChI is InChI=1S/C36H30BFN2Si/c38-31-21-23-34(24-22-31)41(32-17-9-3-10-18-32,33-19-11-4-12-20-33)28-40-26-25-39-36(40)37-35(30-15-7-2-8-16-30)27-29-13-5-1-6-14-29/h1-27,37H,28H2. The lowest BCUT2D eigenvalue weighted by molar-refractivity contribution is 0.628. The molecular weight excluding hydrogens is 518 g/mol. The Hall–Kier alpha value is -4.74. The first-order valence-corrected chi connectivity index (χ1v) is 16.1. The Morgan fingerprint density at radius 2 is 1.17 bits per heavy atom. The number of rotatable bonds is 9. The zero-order chi connectivity index (χ0) is 27.9. The van der Waals surface area contributed by atoms with Crippen molar-refractivity contribution in [3.05, 3.63) is 175 Å². The van der Waals surface area contributed by atoms with Gasteiger partial charge in [0, 0.05) is 18.6 Å². The van der Waals surface area contributed by atoms with Gasteiger partial charge in [-0.15, -0.1) is 0 Å². The van der Waals surface area contributed by atoms with E-state index >= 15 is 0 Å². The average Bonchev–Trinajstić information content (AvgIpc) is 3.48. The fourth-order valence-electron chi connectivity index (χ4n) is 5.67. The van der Waals surface area contributed by atoms with Crippen LogP contribution >= 0.6 is 0 Å². The molecule has 0 saturated carbocycles. The third kappa shape index (κ3) is 5.77. The van der Waals surface area contributed by atoms with E-state index in [1.165, 1.54) is 26.6 Å². The lowest BCUT2D eigenvalue weighted by atomic mass is 9.65. The van der Waals surface area contributed by atoms with Crippen LogP contribution in [0.5, 0.6) is 0 Å². The van der Waals surface area contributed by atoms with Crippen molar-refractivity contribution in [3.63, 3.8) is 0 Å². The fraction of sp³-hybridized carbons (Fsp3) is 0.0278. The van der Waals surface area contributed by atoms with Crippen LogP contribution in [0.25, 0.3) is 11.5 Å². The van der Waals surface area contributed by atoms with E-state index in [0.29, 0.717) is 7.28 Å². The highest BCUT2D eigenvalue weighted by atomic mass is 28.3. The number of aromatic nitrogens is 2. The maximum Gasteiger partial charge on any atom is 0.239 e. The molecule has 0 spiro atoms. The van der Waals surface area contributed by atoms with E-state index in [4.69, 9.17) is 4.98 Å².